The average Bonchev–Trinajstić information content (AvgIpc) is 2.57. The van der Waals surface area contributed by atoms with Crippen molar-refractivity contribution < 1.29 is 4.79 Å². The first-order valence-electron chi connectivity index (χ1n) is 7.77. The Labute approximate surface area is 162 Å². The second-order valence-corrected chi connectivity index (χ2v) is 7.08. The van der Waals surface area contributed by atoms with Crippen LogP contribution >= 0.6 is 35.4 Å². The van der Waals surface area contributed by atoms with Crippen LogP contribution in [0.3, 0.4) is 0 Å². The third-order valence-electron chi connectivity index (χ3n) is 3.27. The molecule has 2 rings (SSSR count). The van der Waals surface area contributed by atoms with Crippen LogP contribution in [0.15, 0.2) is 42.5 Å². The van der Waals surface area contributed by atoms with E-state index in [4.69, 9.17) is 35.4 Å². The van der Waals surface area contributed by atoms with Crippen molar-refractivity contribution in [2.45, 2.75) is 13.8 Å². The number of halogens is 2. The molecule has 0 bridgehead atoms. The summed E-state index contributed by atoms with van der Waals surface area (Å²) in [5.41, 5.74) is 1.94. The highest BCUT2D eigenvalue weighted by Gasteiger charge is 2.12. The molecule has 1 amide bonds. The molecule has 0 aromatic heterocycles. The van der Waals surface area contributed by atoms with Gasteiger partial charge in [-0.3, -0.25) is 10.1 Å². The first kappa shape index (κ1) is 19.5. The maximum atomic E-state index is 12.2. The quantitative estimate of drug-likeness (QED) is 0.609. The average molecular weight is 396 g/mol. The number of benzene rings is 2. The molecular weight excluding hydrogens is 377 g/mol. The Balaban J connectivity index is 2.11. The number of carbonyl (C=O) groups excluding carboxylic acids is 1. The lowest BCUT2D eigenvalue weighted by Gasteiger charge is -2.17. The van der Waals surface area contributed by atoms with Crippen LogP contribution in [0.4, 0.5) is 11.4 Å². The highest BCUT2D eigenvalue weighted by Crippen LogP contribution is 2.32. The molecule has 0 aliphatic rings. The third-order valence-corrected chi connectivity index (χ3v) is 4.20. The monoisotopic (exact) mass is 395 g/mol. The zero-order valence-corrected chi connectivity index (χ0v) is 16.2. The molecule has 0 saturated heterocycles. The van der Waals surface area contributed by atoms with Gasteiger partial charge in [0.2, 0.25) is 0 Å². The van der Waals surface area contributed by atoms with Gasteiger partial charge in [0, 0.05) is 12.1 Å². The molecule has 0 radical (unpaired) electrons. The lowest BCUT2D eigenvalue weighted by Crippen LogP contribution is -2.34. The van der Waals surface area contributed by atoms with E-state index in [2.05, 4.69) is 29.8 Å². The van der Waals surface area contributed by atoms with Crippen LogP contribution in [0, 0.1) is 5.92 Å². The third kappa shape index (κ3) is 5.88. The Morgan fingerprint density at radius 3 is 2.28 bits per heavy atom. The van der Waals surface area contributed by atoms with Crippen LogP contribution in [0.1, 0.15) is 24.2 Å². The molecule has 0 saturated carbocycles. The van der Waals surface area contributed by atoms with Gasteiger partial charge in [-0.2, -0.15) is 0 Å². The Morgan fingerprint density at radius 1 is 1.08 bits per heavy atom. The highest BCUT2D eigenvalue weighted by molar-refractivity contribution is 7.80. The summed E-state index contributed by atoms with van der Waals surface area (Å²) in [6.45, 7) is 4.96. The smallest absolute Gasteiger partial charge is 0.257 e. The fraction of sp³-hybridized carbons (Fsp3) is 0.222. The van der Waals surface area contributed by atoms with E-state index in [0.717, 1.165) is 12.2 Å². The SMILES string of the molecule is CC(C)CNc1cc(Cl)c(Cl)cc1NC(=S)NC(=O)c1ccccc1. The summed E-state index contributed by atoms with van der Waals surface area (Å²) >= 11 is 17.4. The summed E-state index contributed by atoms with van der Waals surface area (Å²) in [6.07, 6.45) is 0. The van der Waals surface area contributed by atoms with E-state index in [9.17, 15) is 4.79 Å². The molecule has 0 spiro atoms. The van der Waals surface area contributed by atoms with Gasteiger partial charge in [-0.15, -0.1) is 0 Å². The minimum Gasteiger partial charge on any atom is -0.383 e. The number of hydrogen-bond acceptors (Lipinski definition) is 3. The van der Waals surface area contributed by atoms with Crippen molar-refractivity contribution in [1.29, 1.82) is 0 Å². The van der Waals surface area contributed by atoms with E-state index < -0.39 is 0 Å². The van der Waals surface area contributed by atoms with E-state index in [-0.39, 0.29) is 11.0 Å². The Bertz CT molecular complexity index is 766. The van der Waals surface area contributed by atoms with E-state index >= 15 is 0 Å². The summed E-state index contributed by atoms with van der Waals surface area (Å²) in [5.74, 6) is 0.168. The number of rotatable bonds is 5. The van der Waals surface area contributed by atoms with Crippen molar-refractivity contribution in [3.8, 4) is 0 Å². The summed E-state index contributed by atoms with van der Waals surface area (Å²) in [5, 5.41) is 9.96. The van der Waals surface area contributed by atoms with Gasteiger partial charge in [-0.1, -0.05) is 55.2 Å². The fourth-order valence-corrected chi connectivity index (χ4v) is 2.56. The number of anilines is 2. The van der Waals surface area contributed by atoms with Gasteiger partial charge in [0.05, 0.1) is 21.4 Å². The van der Waals surface area contributed by atoms with Gasteiger partial charge in [0.25, 0.3) is 5.91 Å². The Morgan fingerprint density at radius 2 is 1.68 bits per heavy atom. The van der Waals surface area contributed by atoms with Gasteiger partial charge >= 0.3 is 0 Å². The molecule has 7 heteroatoms. The van der Waals surface area contributed by atoms with Crippen LogP contribution in [0.25, 0.3) is 0 Å². The van der Waals surface area contributed by atoms with Crippen LogP contribution in [-0.4, -0.2) is 17.6 Å². The summed E-state index contributed by atoms with van der Waals surface area (Å²) in [7, 11) is 0. The first-order valence-corrected chi connectivity index (χ1v) is 8.93. The molecule has 2 aromatic carbocycles. The van der Waals surface area contributed by atoms with Crippen molar-refractivity contribution in [3.05, 3.63) is 58.1 Å². The molecule has 2 aromatic rings. The standard InChI is InChI=1S/C18H19Cl2N3OS/c1-11(2)10-21-15-8-13(19)14(20)9-16(15)22-18(25)23-17(24)12-6-4-3-5-7-12/h3-9,11,21H,10H2,1-2H3,(H2,22,23,24,25). The molecule has 0 unspecified atom stereocenters. The van der Waals surface area contributed by atoms with Crippen molar-refractivity contribution in [2.24, 2.45) is 5.92 Å². The number of thiocarbonyl (C=S) groups is 1. The molecule has 25 heavy (non-hydrogen) atoms. The molecule has 4 nitrogen and oxygen atoms in total. The molecule has 3 N–H and O–H groups in total. The molecule has 0 aliphatic carbocycles. The fourth-order valence-electron chi connectivity index (χ4n) is 2.03. The minimum atomic E-state index is -0.283. The van der Waals surface area contributed by atoms with E-state index in [1.165, 1.54) is 0 Å². The maximum Gasteiger partial charge on any atom is 0.257 e. The predicted octanol–water partition coefficient (Wildman–Crippen LogP) is 5.19. The van der Waals surface area contributed by atoms with E-state index in [1.807, 2.05) is 6.07 Å². The van der Waals surface area contributed by atoms with Gasteiger partial charge in [-0.25, -0.2) is 0 Å². The number of nitrogens with one attached hydrogen (secondary N) is 3. The van der Waals surface area contributed by atoms with Gasteiger partial charge in [0.15, 0.2) is 5.11 Å². The van der Waals surface area contributed by atoms with Crippen LogP contribution in [0.2, 0.25) is 10.0 Å². The normalized spacial score (nSPS) is 10.4. The molecule has 0 atom stereocenters. The molecule has 0 heterocycles. The molecular formula is C18H19Cl2N3OS. The summed E-state index contributed by atoms with van der Waals surface area (Å²) in [6, 6.07) is 12.3. The number of amides is 1. The topological polar surface area (TPSA) is 53.2 Å². The lowest BCUT2D eigenvalue weighted by atomic mass is 10.2. The largest absolute Gasteiger partial charge is 0.383 e. The van der Waals surface area contributed by atoms with Crippen molar-refractivity contribution in [3.63, 3.8) is 0 Å². The highest BCUT2D eigenvalue weighted by atomic mass is 35.5. The first-order chi connectivity index (χ1) is 11.9. The van der Waals surface area contributed by atoms with Gasteiger partial charge in [-0.05, 0) is 42.4 Å². The van der Waals surface area contributed by atoms with Crippen LogP contribution < -0.4 is 16.0 Å². The molecule has 132 valence electrons. The van der Waals surface area contributed by atoms with Crippen LogP contribution in [-0.2, 0) is 0 Å². The zero-order valence-electron chi connectivity index (χ0n) is 13.9. The van der Waals surface area contributed by atoms with E-state index in [1.54, 1.807) is 36.4 Å². The Hall–Kier alpha value is -1.82. The predicted molar refractivity (Wildman–Crippen MR) is 110 cm³/mol. The summed E-state index contributed by atoms with van der Waals surface area (Å²) < 4.78 is 0. The van der Waals surface area contributed by atoms with Crippen molar-refractivity contribution in [2.75, 3.05) is 17.2 Å². The minimum absolute atomic E-state index is 0.180. The molecule has 0 aliphatic heterocycles. The van der Waals surface area contributed by atoms with Gasteiger partial charge < -0.3 is 10.6 Å². The van der Waals surface area contributed by atoms with Crippen molar-refractivity contribution >= 4 is 57.8 Å². The Kier molecular flexibility index (Phi) is 7.05. The lowest BCUT2D eigenvalue weighted by molar-refractivity contribution is 0.0977. The van der Waals surface area contributed by atoms with Crippen molar-refractivity contribution in [1.82, 2.24) is 5.32 Å². The second kappa shape index (κ2) is 9.04. The summed E-state index contributed by atoms with van der Waals surface area (Å²) in [4.78, 5) is 12.2. The van der Waals surface area contributed by atoms with Gasteiger partial charge in [0.1, 0.15) is 0 Å². The molecule has 0 fully saturated rings. The second-order valence-electron chi connectivity index (χ2n) is 5.86. The number of hydrogen-bond donors (Lipinski definition) is 3. The van der Waals surface area contributed by atoms with Crippen LogP contribution in [0.5, 0.6) is 0 Å². The zero-order chi connectivity index (χ0) is 18.4. The van der Waals surface area contributed by atoms with E-state index in [0.29, 0.717) is 27.2 Å². The number of carbonyl (C=O) groups is 1. The maximum absolute atomic E-state index is 12.2.